The van der Waals surface area contributed by atoms with Crippen LogP contribution in [0.15, 0.2) is 10.4 Å². The van der Waals surface area contributed by atoms with E-state index in [1.165, 1.54) is 11.3 Å². The zero-order chi connectivity index (χ0) is 15.2. The molecule has 1 heterocycles. The quantitative estimate of drug-likeness (QED) is 0.317. The Labute approximate surface area is 126 Å². The molecule has 1 aliphatic carbocycles. The smallest absolute Gasteiger partial charge is 0.209 e. The first kappa shape index (κ1) is 15.1. The lowest BCUT2D eigenvalue weighted by Gasteiger charge is -2.28. The maximum atomic E-state index is 8.47. The van der Waals surface area contributed by atoms with Gasteiger partial charge in [0, 0.05) is 17.3 Å². The van der Waals surface area contributed by atoms with E-state index in [0.717, 1.165) is 31.4 Å². The van der Waals surface area contributed by atoms with Crippen molar-refractivity contribution in [2.24, 2.45) is 16.5 Å². The van der Waals surface area contributed by atoms with E-state index >= 15 is 0 Å². The topological polar surface area (TPSA) is 149 Å². The van der Waals surface area contributed by atoms with Crippen LogP contribution in [0.4, 0.5) is 5.13 Å². The van der Waals surface area contributed by atoms with Gasteiger partial charge in [0.05, 0.1) is 5.69 Å². The van der Waals surface area contributed by atoms with E-state index in [-0.39, 0.29) is 18.0 Å². The third-order valence-corrected chi connectivity index (χ3v) is 4.15. The van der Waals surface area contributed by atoms with E-state index in [0.29, 0.717) is 11.0 Å². The molecule has 0 spiro atoms. The number of aliphatic imine (C=N–C) groups is 1. The normalized spacial score (nSPS) is 22.3. The van der Waals surface area contributed by atoms with Gasteiger partial charge in [-0.15, -0.1) is 16.3 Å². The molecule has 8 nitrogen and oxygen atoms in total. The molecule has 0 radical (unpaired) electrons. The lowest BCUT2D eigenvalue weighted by molar-refractivity contribution is 0.366. The van der Waals surface area contributed by atoms with E-state index in [4.69, 9.17) is 22.1 Å². The summed E-state index contributed by atoms with van der Waals surface area (Å²) >= 11 is 1.44. The summed E-state index contributed by atoms with van der Waals surface area (Å²) in [5, 5.41) is 24.1. The third kappa shape index (κ3) is 4.32. The van der Waals surface area contributed by atoms with Crippen LogP contribution in [0.25, 0.3) is 0 Å². The van der Waals surface area contributed by atoms with Crippen LogP contribution >= 0.6 is 11.3 Å². The van der Waals surface area contributed by atoms with Crippen molar-refractivity contribution in [3.63, 3.8) is 0 Å². The Balaban J connectivity index is 1.97. The van der Waals surface area contributed by atoms with Gasteiger partial charge >= 0.3 is 0 Å². The Morgan fingerprint density at radius 2 is 2.33 bits per heavy atom. The molecule has 2 atom stereocenters. The van der Waals surface area contributed by atoms with Crippen LogP contribution in [0.3, 0.4) is 0 Å². The van der Waals surface area contributed by atoms with E-state index in [2.05, 4.69) is 20.6 Å². The molecule has 112 valence electrons. The summed E-state index contributed by atoms with van der Waals surface area (Å²) in [4.78, 5) is 7.95. The first-order chi connectivity index (χ1) is 10.1. The number of hydrogen-bond acceptors (Lipinski definition) is 5. The number of anilines is 1. The van der Waals surface area contributed by atoms with Crippen LogP contribution in [-0.4, -0.2) is 22.9 Å². The highest BCUT2D eigenvalue weighted by Gasteiger charge is 2.25. The lowest BCUT2D eigenvalue weighted by Crippen LogP contribution is -2.42. The fourth-order valence-electron chi connectivity index (χ4n) is 2.53. The van der Waals surface area contributed by atoms with Gasteiger partial charge in [0.15, 0.2) is 11.1 Å². The Morgan fingerprint density at radius 1 is 1.52 bits per heavy atom. The average molecular weight is 306 g/mol. The molecular weight excluding hydrogens is 288 g/mol. The number of hydrogen-bond donors (Lipinski definition) is 5. The fourth-order valence-corrected chi connectivity index (χ4v) is 3.34. The minimum Gasteiger partial charge on any atom is -0.370 e. The van der Waals surface area contributed by atoms with Gasteiger partial charge in [0.1, 0.15) is 0 Å². The van der Waals surface area contributed by atoms with Gasteiger partial charge in [0.2, 0.25) is 12.2 Å². The predicted molar refractivity (Wildman–Crippen MR) is 83.0 cm³/mol. The van der Waals surface area contributed by atoms with Crippen LogP contribution < -0.4 is 22.1 Å². The maximum absolute atomic E-state index is 8.47. The largest absolute Gasteiger partial charge is 0.370 e. The molecular formula is C12H18N8S. The van der Waals surface area contributed by atoms with E-state index in [1.54, 1.807) is 6.19 Å². The van der Waals surface area contributed by atoms with Crippen molar-refractivity contribution >= 4 is 28.4 Å². The Bertz CT molecular complexity index is 572. The molecule has 1 aromatic heterocycles. The number of rotatable bonds is 3. The molecule has 1 aromatic rings. The minimum atomic E-state index is -0.112. The second-order valence-corrected chi connectivity index (χ2v) is 5.78. The second kappa shape index (κ2) is 6.90. The SMILES string of the molecule is N#CN=C(N)NC1CCCC(c2csc(NC(=N)N)n2)C1. The number of aromatic nitrogens is 1. The first-order valence-electron chi connectivity index (χ1n) is 6.63. The van der Waals surface area contributed by atoms with Crippen molar-refractivity contribution in [2.45, 2.75) is 37.6 Å². The summed E-state index contributed by atoms with van der Waals surface area (Å²) < 4.78 is 0. The molecule has 2 rings (SSSR count). The zero-order valence-electron chi connectivity index (χ0n) is 11.5. The van der Waals surface area contributed by atoms with Crippen LogP contribution in [0.5, 0.6) is 0 Å². The minimum absolute atomic E-state index is 0.112. The number of nitriles is 1. The van der Waals surface area contributed by atoms with Crippen molar-refractivity contribution < 1.29 is 0 Å². The monoisotopic (exact) mass is 306 g/mol. The average Bonchev–Trinajstić information content (AvgIpc) is 2.87. The number of nitrogens with one attached hydrogen (secondary N) is 3. The van der Waals surface area contributed by atoms with Crippen LogP contribution in [0.1, 0.15) is 37.3 Å². The predicted octanol–water partition coefficient (Wildman–Crippen LogP) is 0.860. The Hall–Kier alpha value is -2.34. The standard InChI is InChI=1S/C12H18N8S/c13-6-17-11(16)18-8-3-1-2-7(4-8)9-5-21-12(19-9)20-10(14)15/h5,7-8H,1-4H2,(H3,16,17,18)(H4,14,15,19,20). The van der Waals surface area contributed by atoms with E-state index in [9.17, 15) is 0 Å². The van der Waals surface area contributed by atoms with Crippen molar-refractivity contribution in [1.82, 2.24) is 10.3 Å². The molecule has 0 aromatic carbocycles. The van der Waals surface area contributed by atoms with Crippen molar-refractivity contribution in [1.29, 1.82) is 10.7 Å². The molecule has 7 N–H and O–H groups in total. The van der Waals surface area contributed by atoms with Gasteiger partial charge in [-0.05, 0) is 19.3 Å². The molecule has 21 heavy (non-hydrogen) atoms. The highest BCUT2D eigenvalue weighted by Crippen LogP contribution is 2.34. The number of guanidine groups is 2. The van der Waals surface area contributed by atoms with Crippen LogP contribution in [-0.2, 0) is 0 Å². The summed E-state index contributed by atoms with van der Waals surface area (Å²) in [6.45, 7) is 0. The summed E-state index contributed by atoms with van der Waals surface area (Å²) in [5.74, 6) is 0.393. The number of nitrogens with zero attached hydrogens (tertiary/aromatic N) is 3. The summed E-state index contributed by atoms with van der Waals surface area (Å²) in [6, 6.07) is 0.201. The summed E-state index contributed by atoms with van der Waals surface area (Å²) in [7, 11) is 0. The molecule has 0 saturated heterocycles. The van der Waals surface area contributed by atoms with Crippen molar-refractivity contribution in [3.05, 3.63) is 11.1 Å². The van der Waals surface area contributed by atoms with Crippen molar-refractivity contribution in [2.75, 3.05) is 5.32 Å². The first-order valence-corrected chi connectivity index (χ1v) is 7.51. The highest BCUT2D eigenvalue weighted by atomic mass is 32.1. The van der Waals surface area contributed by atoms with Gasteiger partial charge < -0.3 is 22.1 Å². The molecule has 1 fully saturated rings. The van der Waals surface area contributed by atoms with Crippen LogP contribution in [0, 0.1) is 16.9 Å². The van der Waals surface area contributed by atoms with Gasteiger partial charge in [-0.25, -0.2) is 4.98 Å². The molecule has 9 heteroatoms. The zero-order valence-corrected chi connectivity index (χ0v) is 12.3. The van der Waals surface area contributed by atoms with Gasteiger partial charge in [0.25, 0.3) is 0 Å². The van der Waals surface area contributed by atoms with Gasteiger partial charge in [-0.2, -0.15) is 5.26 Å². The van der Waals surface area contributed by atoms with Crippen molar-refractivity contribution in [3.8, 4) is 6.19 Å². The number of nitrogens with two attached hydrogens (primary N) is 2. The third-order valence-electron chi connectivity index (χ3n) is 3.38. The van der Waals surface area contributed by atoms with E-state index < -0.39 is 0 Å². The fraction of sp³-hybridized carbons (Fsp3) is 0.500. The van der Waals surface area contributed by atoms with Gasteiger partial charge in [-0.3, -0.25) is 5.41 Å². The number of thiazole rings is 1. The molecule has 0 amide bonds. The summed E-state index contributed by atoms with van der Waals surface area (Å²) in [6.07, 6.45) is 5.70. The highest BCUT2D eigenvalue weighted by molar-refractivity contribution is 7.13. The van der Waals surface area contributed by atoms with Gasteiger partial charge in [-0.1, -0.05) is 6.42 Å². The molecule has 0 aliphatic heterocycles. The van der Waals surface area contributed by atoms with Crippen LogP contribution in [0.2, 0.25) is 0 Å². The Kier molecular flexibility index (Phi) is 4.94. The molecule has 0 bridgehead atoms. The maximum Gasteiger partial charge on any atom is 0.209 e. The molecule has 2 unspecified atom stereocenters. The van der Waals surface area contributed by atoms with E-state index in [1.807, 2.05) is 5.38 Å². The summed E-state index contributed by atoms with van der Waals surface area (Å²) in [5.41, 5.74) is 11.9. The lowest BCUT2D eigenvalue weighted by atomic mass is 9.84. The second-order valence-electron chi connectivity index (χ2n) is 4.92. The Morgan fingerprint density at radius 3 is 3.05 bits per heavy atom. The molecule has 1 saturated carbocycles. The molecule has 1 aliphatic rings.